The first-order chi connectivity index (χ1) is 9.43. The molecule has 3 aromatic rings. The second-order valence-electron chi connectivity index (χ2n) is 4.22. The molecular weight excluding hydrogens is 240 g/mol. The lowest BCUT2D eigenvalue weighted by atomic mass is 10.2. The van der Waals surface area contributed by atoms with Crippen molar-refractivity contribution in [1.29, 1.82) is 0 Å². The Hall–Kier alpha value is -2.50. The van der Waals surface area contributed by atoms with Gasteiger partial charge in [-0.25, -0.2) is 0 Å². The molecule has 0 bridgehead atoms. The molecule has 1 aromatic carbocycles. The van der Waals surface area contributed by atoms with Gasteiger partial charge in [-0.05, 0) is 12.5 Å². The van der Waals surface area contributed by atoms with Gasteiger partial charge >= 0.3 is 0 Å². The van der Waals surface area contributed by atoms with Crippen molar-refractivity contribution in [2.45, 2.75) is 13.0 Å². The standard InChI is InChI=1S/C13H14N6/c1-2-5-12-11(4-1)13(10-16-17-12)14-6-3-8-19-9-7-15-18-19/h1-2,4-5,7,9-10H,3,6,8H2,(H,14,17). The van der Waals surface area contributed by atoms with E-state index in [0.717, 1.165) is 36.1 Å². The summed E-state index contributed by atoms with van der Waals surface area (Å²) in [5, 5.41) is 20.3. The van der Waals surface area contributed by atoms with Gasteiger partial charge in [-0.3, -0.25) is 4.68 Å². The van der Waals surface area contributed by atoms with Crippen LogP contribution in [-0.2, 0) is 6.54 Å². The Labute approximate surface area is 110 Å². The van der Waals surface area contributed by atoms with Crippen molar-refractivity contribution in [3.05, 3.63) is 42.9 Å². The lowest BCUT2D eigenvalue weighted by Crippen LogP contribution is -2.08. The number of nitrogens with one attached hydrogen (secondary N) is 1. The average molecular weight is 254 g/mol. The minimum Gasteiger partial charge on any atom is -0.383 e. The van der Waals surface area contributed by atoms with Crippen molar-refractivity contribution in [2.24, 2.45) is 0 Å². The van der Waals surface area contributed by atoms with E-state index in [-0.39, 0.29) is 0 Å². The molecule has 2 heterocycles. The second-order valence-corrected chi connectivity index (χ2v) is 4.22. The lowest BCUT2D eigenvalue weighted by Gasteiger charge is -2.08. The Bertz CT molecular complexity index is 644. The van der Waals surface area contributed by atoms with Crippen molar-refractivity contribution < 1.29 is 0 Å². The number of benzene rings is 1. The summed E-state index contributed by atoms with van der Waals surface area (Å²) in [6.07, 6.45) is 6.29. The van der Waals surface area contributed by atoms with Gasteiger partial charge in [-0.15, -0.1) is 5.10 Å². The number of nitrogens with zero attached hydrogens (tertiary/aromatic N) is 5. The molecule has 6 heteroatoms. The van der Waals surface area contributed by atoms with Gasteiger partial charge in [-0.1, -0.05) is 23.4 Å². The van der Waals surface area contributed by atoms with Crippen LogP contribution in [0, 0.1) is 0 Å². The van der Waals surface area contributed by atoms with Gasteiger partial charge in [0.2, 0.25) is 0 Å². The minimum atomic E-state index is 0.851. The Balaban J connectivity index is 1.62. The molecule has 1 N–H and O–H groups in total. The molecule has 96 valence electrons. The summed E-state index contributed by atoms with van der Waals surface area (Å²) in [7, 11) is 0. The molecule has 0 fully saturated rings. The van der Waals surface area contributed by atoms with E-state index in [2.05, 4.69) is 25.8 Å². The Kier molecular flexibility index (Phi) is 3.31. The van der Waals surface area contributed by atoms with Gasteiger partial charge < -0.3 is 5.32 Å². The monoisotopic (exact) mass is 254 g/mol. The fraction of sp³-hybridized carbons (Fsp3) is 0.231. The third-order valence-corrected chi connectivity index (χ3v) is 2.90. The van der Waals surface area contributed by atoms with Crippen LogP contribution in [0.25, 0.3) is 10.9 Å². The zero-order valence-electron chi connectivity index (χ0n) is 10.4. The molecule has 2 aromatic heterocycles. The van der Waals surface area contributed by atoms with E-state index in [1.807, 2.05) is 35.1 Å². The van der Waals surface area contributed by atoms with Crippen LogP contribution in [-0.4, -0.2) is 31.7 Å². The topological polar surface area (TPSA) is 68.5 Å². The van der Waals surface area contributed by atoms with E-state index in [1.54, 1.807) is 12.4 Å². The molecule has 19 heavy (non-hydrogen) atoms. The Morgan fingerprint density at radius 1 is 1.16 bits per heavy atom. The van der Waals surface area contributed by atoms with Crippen molar-refractivity contribution in [2.75, 3.05) is 11.9 Å². The minimum absolute atomic E-state index is 0.851. The summed E-state index contributed by atoms with van der Waals surface area (Å²) in [6, 6.07) is 7.98. The van der Waals surface area contributed by atoms with Crippen LogP contribution in [0.3, 0.4) is 0 Å². The number of hydrogen-bond donors (Lipinski definition) is 1. The number of rotatable bonds is 5. The zero-order valence-corrected chi connectivity index (χ0v) is 10.4. The van der Waals surface area contributed by atoms with Gasteiger partial charge in [0.05, 0.1) is 23.6 Å². The molecule has 0 radical (unpaired) electrons. The van der Waals surface area contributed by atoms with Gasteiger partial charge in [0, 0.05) is 24.7 Å². The summed E-state index contributed by atoms with van der Waals surface area (Å²) in [5.41, 5.74) is 1.92. The normalized spacial score (nSPS) is 10.7. The van der Waals surface area contributed by atoms with Crippen LogP contribution in [0.5, 0.6) is 0 Å². The van der Waals surface area contributed by atoms with Gasteiger partial charge in [0.25, 0.3) is 0 Å². The first-order valence-corrected chi connectivity index (χ1v) is 6.22. The third kappa shape index (κ3) is 2.67. The number of fused-ring (bicyclic) bond motifs is 1. The highest BCUT2D eigenvalue weighted by Gasteiger charge is 2.01. The van der Waals surface area contributed by atoms with E-state index < -0.39 is 0 Å². The van der Waals surface area contributed by atoms with Crippen LogP contribution in [0.1, 0.15) is 6.42 Å². The SMILES string of the molecule is c1ccc2c(NCCCn3ccnn3)cnnc2c1. The van der Waals surface area contributed by atoms with E-state index in [4.69, 9.17) is 0 Å². The molecule has 0 aliphatic heterocycles. The summed E-state index contributed by atoms with van der Waals surface area (Å²) in [6.45, 7) is 1.71. The smallest absolute Gasteiger partial charge is 0.0950 e. The van der Waals surface area contributed by atoms with Crippen LogP contribution in [0.2, 0.25) is 0 Å². The maximum absolute atomic E-state index is 4.10. The fourth-order valence-electron chi connectivity index (χ4n) is 1.96. The van der Waals surface area contributed by atoms with Crippen LogP contribution < -0.4 is 5.32 Å². The summed E-state index contributed by atoms with van der Waals surface area (Å²) < 4.78 is 1.82. The molecule has 3 rings (SSSR count). The maximum atomic E-state index is 4.10. The lowest BCUT2D eigenvalue weighted by molar-refractivity contribution is 0.570. The predicted octanol–water partition coefficient (Wildman–Crippen LogP) is 1.72. The molecule has 6 nitrogen and oxygen atoms in total. The van der Waals surface area contributed by atoms with Crippen molar-refractivity contribution >= 4 is 16.6 Å². The highest BCUT2D eigenvalue weighted by atomic mass is 15.4. The molecule has 0 spiro atoms. The molecule has 0 aliphatic rings. The summed E-state index contributed by atoms with van der Waals surface area (Å²) in [4.78, 5) is 0. The van der Waals surface area contributed by atoms with Crippen LogP contribution >= 0.6 is 0 Å². The number of anilines is 1. The number of aryl methyl sites for hydroxylation is 1. The molecule has 0 unspecified atom stereocenters. The predicted molar refractivity (Wildman–Crippen MR) is 72.7 cm³/mol. The highest BCUT2D eigenvalue weighted by molar-refractivity contribution is 5.90. The van der Waals surface area contributed by atoms with E-state index in [1.165, 1.54) is 0 Å². The quantitative estimate of drug-likeness (QED) is 0.702. The molecule has 0 saturated heterocycles. The molecule has 0 aliphatic carbocycles. The molecule has 0 amide bonds. The first kappa shape index (κ1) is 11.6. The first-order valence-electron chi connectivity index (χ1n) is 6.22. The molecule has 0 atom stereocenters. The van der Waals surface area contributed by atoms with Gasteiger partial charge in [0.15, 0.2) is 0 Å². The van der Waals surface area contributed by atoms with Crippen molar-refractivity contribution in [1.82, 2.24) is 25.2 Å². The van der Waals surface area contributed by atoms with Crippen molar-refractivity contribution in [3.8, 4) is 0 Å². The Morgan fingerprint density at radius 2 is 2.11 bits per heavy atom. The van der Waals surface area contributed by atoms with E-state index in [0.29, 0.717) is 0 Å². The van der Waals surface area contributed by atoms with Gasteiger partial charge in [-0.2, -0.15) is 10.2 Å². The highest BCUT2D eigenvalue weighted by Crippen LogP contribution is 2.19. The largest absolute Gasteiger partial charge is 0.383 e. The maximum Gasteiger partial charge on any atom is 0.0950 e. The fourth-order valence-corrected chi connectivity index (χ4v) is 1.96. The summed E-state index contributed by atoms with van der Waals surface area (Å²) >= 11 is 0. The molecule has 0 saturated carbocycles. The Morgan fingerprint density at radius 3 is 3.00 bits per heavy atom. The molecular formula is C13H14N6. The number of aromatic nitrogens is 5. The van der Waals surface area contributed by atoms with E-state index in [9.17, 15) is 0 Å². The zero-order chi connectivity index (χ0) is 12.9. The number of hydrogen-bond acceptors (Lipinski definition) is 5. The third-order valence-electron chi connectivity index (χ3n) is 2.90. The van der Waals surface area contributed by atoms with Crippen LogP contribution in [0.4, 0.5) is 5.69 Å². The second kappa shape index (κ2) is 5.43. The van der Waals surface area contributed by atoms with E-state index >= 15 is 0 Å². The van der Waals surface area contributed by atoms with Crippen LogP contribution in [0.15, 0.2) is 42.9 Å². The summed E-state index contributed by atoms with van der Waals surface area (Å²) in [5.74, 6) is 0. The van der Waals surface area contributed by atoms with Gasteiger partial charge in [0.1, 0.15) is 0 Å². The van der Waals surface area contributed by atoms with Crippen molar-refractivity contribution in [3.63, 3.8) is 0 Å². The average Bonchev–Trinajstić information content (AvgIpc) is 2.97.